The van der Waals surface area contributed by atoms with E-state index in [0.717, 1.165) is 33.6 Å². The number of β-amino-alcohol motifs (C(OH)–C–C–N with tert-alkyl or cyclic N) is 2. The van der Waals surface area contributed by atoms with Crippen molar-refractivity contribution in [3.05, 3.63) is 72.6 Å². The number of hydrogen-bond donors (Lipinski definition) is 7. The fourth-order valence-electron chi connectivity index (χ4n) is 6.66. The van der Waals surface area contributed by atoms with E-state index in [-0.39, 0.29) is 25.4 Å². The third-order valence-electron chi connectivity index (χ3n) is 9.27. The van der Waals surface area contributed by atoms with E-state index < -0.39 is 54.5 Å². The molecule has 0 unspecified atom stereocenters. The van der Waals surface area contributed by atoms with Crippen LogP contribution in [0.2, 0.25) is 0 Å². The second-order valence-corrected chi connectivity index (χ2v) is 12.8. The molecule has 2 aromatic carbocycles. The number of alkyl carbamates (subject to hydrolysis) is 1. The number of amides is 4. The van der Waals surface area contributed by atoms with Crippen LogP contribution >= 0.6 is 0 Å². The van der Waals surface area contributed by atoms with Gasteiger partial charge in [0.25, 0.3) is 0 Å². The zero-order chi connectivity index (χ0) is 36.4. The van der Waals surface area contributed by atoms with E-state index in [9.17, 15) is 29.4 Å². The summed E-state index contributed by atoms with van der Waals surface area (Å²) in [5.74, 6) is 0.258. The van der Waals surface area contributed by atoms with Crippen LogP contribution in [0.15, 0.2) is 60.9 Å². The van der Waals surface area contributed by atoms with Crippen LogP contribution in [0.3, 0.4) is 0 Å². The molecular formula is C35H40N8O8. The lowest BCUT2D eigenvalue weighted by Crippen LogP contribution is -2.47. The number of hydrogen-bond acceptors (Lipinski definition) is 9. The number of nitrogens with one attached hydrogen (secondary N) is 4. The standard InChI is InChI=1S/C35H40N8O8/c1-18(38-34(48)49)32(46)42-16-24(44)12-28(42)30-36-14-26(40-30)22-8-4-20(5-9-22)21-6-10-23(11-7-21)27-15-37-31(41-27)29-13-25(45)17-43(29)33(47)19(2)39-35(50)51-3/h4-11,14-15,18-19,24-25,28-29,38,44-45H,12-13,16-17H2,1-3H3,(H,36,40)(H,37,41)(H,39,50)(H,48,49)/t18-,19-,24+,25+,28-,29-/m0/s1. The number of aromatic nitrogens is 4. The van der Waals surface area contributed by atoms with Crippen molar-refractivity contribution in [1.29, 1.82) is 0 Å². The number of carboxylic acid groups (broad SMARTS) is 1. The smallest absolute Gasteiger partial charge is 0.407 e. The van der Waals surface area contributed by atoms with E-state index in [1.54, 1.807) is 19.3 Å². The lowest BCUT2D eigenvalue weighted by atomic mass is 10.0. The second kappa shape index (κ2) is 14.6. The number of aliphatic hydroxyl groups excluding tert-OH is 2. The molecule has 4 aromatic rings. The average molecular weight is 701 g/mol. The summed E-state index contributed by atoms with van der Waals surface area (Å²) in [6, 6.07) is 13.0. The highest BCUT2D eigenvalue weighted by Gasteiger charge is 2.40. The molecule has 2 fully saturated rings. The quantitative estimate of drug-likeness (QED) is 0.135. The number of methoxy groups -OCH3 is 1. The maximum atomic E-state index is 13.1. The lowest BCUT2D eigenvalue weighted by molar-refractivity contribution is -0.135. The van der Waals surface area contributed by atoms with Gasteiger partial charge in [-0.2, -0.15) is 0 Å². The Morgan fingerprint density at radius 2 is 1.12 bits per heavy atom. The summed E-state index contributed by atoms with van der Waals surface area (Å²) >= 11 is 0. The van der Waals surface area contributed by atoms with Gasteiger partial charge in [-0.25, -0.2) is 19.6 Å². The summed E-state index contributed by atoms with van der Waals surface area (Å²) in [5, 5.41) is 34.3. The molecule has 0 spiro atoms. The molecular weight excluding hydrogens is 660 g/mol. The van der Waals surface area contributed by atoms with Crippen molar-refractivity contribution < 1.29 is 39.2 Å². The second-order valence-electron chi connectivity index (χ2n) is 12.8. The number of carbonyl (C=O) groups excluding carboxylic acids is 3. The fourth-order valence-corrected chi connectivity index (χ4v) is 6.66. The summed E-state index contributed by atoms with van der Waals surface area (Å²) in [6.07, 6.45) is 0.469. The van der Waals surface area contributed by atoms with Crippen LogP contribution in [0.5, 0.6) is 0 Å². The normalized spacial score (nSPS) is 21.3. The van der Waals surface area contributed by atoms with E-state index >= 15 is 0 Å². The molecule has 2 saturated heterocycles. The average Bonchev–Trinajstić information content (AvgIpc) is 3.94. The van der Waals surface area contributed by atoms with Crippen molar-refractivity contribution in [3.63, 3.8) is 0 Å². The zero-order valence-electron chi connectivity index (χ0n) is 28.2. The Morgan fingerprint density at radius 3 is 1.51 bits per heavy atom. The van der Waals surface area contributed by atoms with Crippen LogP contribution < -0.4 is 10.6 Å². The number of rotatable bonds is 9. The van der Waals surface area contributed by atoms with Crippen molar-refractivity contribution in [2.45, 2.75) is 63.1 Å². The molecule has 16 nitrogen and oxygen atoms in total. The Balaban J connectivity index is 1.11. The van der Waals surface area contributed by atoms with Crippen LogP contribution in [0.25, 0.3) is 33.6 Å². The minimum Gasteiger partial charge on any atom is -0.465 e. The molecule has 7 N–H and O–H groups in total. The Labute approximate surface area is 292 Å². The molecule has 6 rings (SSSR count). The van der Waals surface area contributed by atoms with E-state index in [4.69, 9.17) is 5.11 Å². The van der Waals surface area contributed by atoms with Crippen molar-refractivity contribution in [3.8, 4) is 33.6 Å². The van der Waals surface area contributed by atoms with E-state index in [0.29, 0.717) is 18.1 Å². The minimum atomic E-state index is -1.30. The van der Waals surface area contributed by atoms with Crippen LogP contribution in [-0.4, -0.2) is 114 Å². The topological polar surface area (TPSA) is 226 Å². The molecule has 0 aliphatic carbocycles. The molecule has 0 saturated carbocycles. The highest BCUT2D eigenvalue weighted by atomic mass is 16.5. The first-order valence-electron chi connectivity index (χ1n) is 16.5. The molecule has 6 atom stereocenters. The lowest BCUT2D eigenvalue weighted by Gasteiger charge is -2.26. The number of nitrogens with zero attached hydrogens (tertiary/aromatic N) is 4. The van der Waals surface area contributed by atoms with Gasteiger partial charge in [-0.3, -0.25) is 9.59 Å². The maximum absolute atomic E-state index is 13.1. The van der Waals surface area contributed by atoms with Gasteiger partial charge in [0, 0.05) is 25.9 Å². The highest BCUT2D eigenvalue weighted by Crippen LogP contribution is 2.34. The van der Waals surface area contributed by atoms with Crippen molar-refractivity contribution in [1.82, 2.24) is 40.4 Å². The molecule has 2 aromatic heterocycles. The summed E-state index contributed by atoms with van der Waals surface area (Å²) < 4.78 is 4.60. The Bertz CT molecular complexity index is 1890. The number of aliphatic hydroxyl groups is 2. The minimum absolute atomic E-state index is 0.0848. The van der Waals surface area contributed by atoms with Gasteiger partial charge in [-0.05, 0) is 36.1 Å². The number of carbonyl (C=O) groups is 4. The predicted molar refractivity (Wildman–Crippen MR) is 183 cm³/mol. The largest absolute Gasteiger partial charge is 0.465 e. The van der Waals surface area contributed by atoms with Gasteiger partial charge >= 0.3 is 12.2 Å². The van der Waals surface area contributed by atoms with Gasteiger partial charge in [0.1, 0.15) is 23.7 Å². The van der Waals surface area contributed by atoms with Gasteiger partial charge < -0.3 is 50.5 Å². The zero-order valence-corrected chi connectivity index (χ0v) is 28.2. The summed E-state index contributed by atoms with van der Waals surface area (Å²) in [7, 11) is 1.22. The van der Waals surface area contributed by atoms with Gasteiger partial charge in [-0.1, -0.05) is 48.5 Å². The molecule has 268 valence electrons. The molecule has 4 amide bonds. The van der Waals surface area contributed by atoms with Gasteiger partial charge in [-0.15, -0.1) is 0 Å². The molecule has 0 bridgehead atoms. The number of ether oxygens (including phenoxy) is 1. The van der Waals surface area contributed by atoms with Crippen LogP contribution in [0.4, 0.5) is 9.59 Å². The first-order chi connectivity index (χ1) is 24.4. The SMILES string of the molecule is COC(=O)N[C@@H](C)C(=O)N1C[C@H](O)C[C@H]1c1ncc(-c2ccc(-c3ccc(-c4cnc([C@@H]5C[C@@H](O)CN5C(=O)[C@H](C)NC(=O)O)[nH]4)cc3)cc2)[nH]1. The van der Waals surface area contributed by atoms with Crippen molar-refractivity contribution >= 4 is 24.0 Å². The predicted octanol–water partition coefficient (Wildman–Crippen LogP) is 2.80. The molecule has 2 aliphatic heterocycles. The number of aromatic amines is 2. The molecule has 2 aliphatic rings. The van der Waals surface area contributed by atoms with Crippen LogP contribution in [0, 0.1) is 0 Å². The summed E-state index contributed by atoms with van der Waals surface area (Å²) in [4.78, 5) is 67.2. The first-order valence-corrected chi connectivity index (χ1v) is 16.5. The van der Waals surface area contributed by atoms with Crippen LogP contribution in [0.1, 0.15) is 50.4 Å². The van der Waals surface area contributed by atoms with Crippen LogP contribution in [-0.2, 0) is 14.3 Å². The van der Waals surface area contributed by atoms with E-state index in [1.165, 1.54) is 23.8 Å². The van der Waals surface area contributed by atoms with E-state index in [2.05, 4.69) is 35.3 Å². The molecule has 0 radical (unpaired) electrons. The Hall–Kier alpha value is -5.74. The number of likely N-dealkylation sites (tertiary alicyclic amines) is 2. The van der Waals surface area contributed by atoms with Crippen molar-refractivity contribution in [2.24, 2.45) is 0 Å². The monoisotopic (exact) mass is 700 g/mol. The fraction of sp³-hybridized carbons (Fsp3) is 0.371. The number of H-pyrrole nitrogens is 2. The third-order valence-corrected chi connectivity index (χ3v) is 9.27. The molecule has 51 heavy (non-hydrogen) atoms. The van der Waals surface area contributed by atoms with Gasteiger partial charge in [0.15, 0.2) is 0 Å². The number of imidazole rings is 2. The van der Waals surface area contributed by atoms with Crippen molar-refractivity contribution in [2.75, 3.05) is 20.2 Å². The van der Waals surface area contributed by atoms with Gasteiger partial charge in [0.05, 0.1) is 55.2 Å². The summed E-state index contributed by atoms with van der Waals surface area (Å²) in [6.45, 7) is 3.24. The highest BCUT2D eigenvalue weighted by molar-refractivity contribution is 5.86. The maximum Gasteiger partial charge on any atom is 0.407 e. The summed E-state index contributed by atoms with van der Waals surface area (Å²) in [5.41, 5.74) is 5.20. The van der Waals surface area contributed by atoms with E-state index in [1.807, 2.05) is 48.5 Å². The Morgan fingerprint density at radius 1 is 0.725 bits per heavy atom. The first kappa shape index (κ1) is 35.1. The Kier molecular flexibility index (Phi) is 10.1. The molecule has 4 heterocycles. The molecule has 16 heteroatoms. The third kappa shape index (κ3) is 7.56. The number of benzene rings is 2. The van der Waals surface area contributed by atoms with Gasteiger partial charge in [0.2, 0.25) is 11.8 Å².